The lowest BCUT2D eigenvalue weighted by Crippen LogP contribution is -2.17. The smallest absolute Gasteiger partial charge is 0.406 e. The summed E-state index contributed by atoms with van der Waals surface area (Å²) < 4.78 is 40.4. The largest absolute Gasteiger partial charge is 0.573 e. The number of alkyl halides is 3. The Hall–Kier alpha value is -2.01. The van der Waals surface area contributed by atoms with Crippen molar-refractivity contribution < 1.29 is 17.9 Å². The molecule has 0 bridgehead atoms. The molecule has 0 aliphatic heterocycles. The highest BCUT2D eigenvalue weighted by Crippen LogP contribution is 2.24. The highest BCUT2D eigenvalue weighted by molar-refractivity contribution is 5.29. The molecule has 0 radical (unpaired) electrons. The summed E-state index contributed by atoms with van der Waals surface area (Å²) in [4.78, 5) is 0. The summed E-state index contributed by atoms with van der Waals surface area (Å²) in [5.41, 5.74) is 7.85. The van der Waals surface area contributed by atoms with Crippen LogP contribution in [0.1, 0.15) is 23.6 Å². The van der Waals surface area contributed by atoms with Gasteiger partial charge in [0.2, 0.25) is 0 Å². The molecule has 0 fully saturated rings. The predicted molar refractivity (Wildman–Crippen MR) is 74.8 cm³/mol. The van der Waals surface area contributed by atoms with E-state index in [0.717, 1.165) is 11.1 Å². The van der Waals surface area contributed by atoms with E-state index in [0.29, 0.717) is 12.8 Å². The molecule has 1 unspecified atom stereocenters. The molecule has 21 heavy (non-hydrogen) atoms. The van der Waals surface area contributed by atoms with Gasteiger partial charge >= 0.3 is 6.36 Å². The first-order chi connectivity index (χ1) is 9.94. The number of benzene rings is 2. The van der Waals surface area contributed by atoms with Crippen molar-refractivity contribution in [3.8, 4) is 5.75 Å². The van der Waals surface area contributed by atoms with Crippen LogP contribution in [0, 0.1) is 0 Å². The van der Waals surface area contributed by atoms with Crippen molar-refractivity contribution in [2.24, 2.45) is 5.73 Å². The minimum absolute atomic E-state index is 0.140. The van der Waals surface area contributed by atoms with Crippen LogP contribution in [0.15, 0.2) is 54.6 Å². The highest BCUT2D eigenvalue weighted by atomic mass is 19.4. The van der Waals surface area contributed by atoms with Gasteiger partial charge in [-0.05, 0) is 36.1 Å². The maximum absolute atomic E-state index is 12.2. The van der Waals surface area contributed by atoms with E-state index in [4.69, 9.17) is 5.73 Å². The molecule has 112 valence electrons. The van der Waals surface area contributed by atoms with Gasteiger partial charge in [-0.1, -0.05) is 42.5 Å². The minimum atomic E-state index is -4.67. The van der Waals surface area contributed by atoms with Crippen molar-refractivity contribution in [3.63, 3.8) is 0 Å². The SMILES string of the molecule is NC(CCc1cccc(OC(F)(F)F)c1)c1ccccc1. The molecule has 0 aliphatic rings. The van der Waals surface area contributed by atoms with Crippen molar-refractivity contribution in [2.75, 3.05) is 0 Å². The molecular weight excluding hydrogens is 279 g/mol. The van der Waals surface area contributed by atoms with Gasteiger partial charge < -0.3 is 10.5 Å². The lowest BCUT2D eigenvalue weighted by Gasteiger charge is -2.13. The number of ether oxygens (including phenoxy) is 1. The number of aryl methyl sites for hydroxylation is 1. The van der Waals surface area contributed by atoms with Crippen LogP contribution < -0.4 is 10.5 Å². The molecule has 1 atom stereocenters. The molecule has 2 nitrogen and oxygen atoms in total. The third-order valence-corrected chi connectivity index (χ3v) is 3.10. The summed E-state index contributed by atoms with van der Waals surface area (Å²) in [6.07, 6.45) is -3.43. The maximum atomic E-state index is 12.2. The number of rotatable bonds is 5. The number of hydrogen-bond donors (Lipinski definition) is 1. The van der Waals surface area contributed by atoms with Gasteiger partial charge in [0.25, 0.3) is 0 Å². The molecule has 2 aromatic rings. The van der Waals surface area contributed by atoms with Crippen LogP contribution in [0.25, 0.3) is 0 Å². The Kier molecular flexibility index (Phi) is 4.85. The van der Waals surface area contributed by atoms with Crippen LogP contribution in [0.3, 0.4) is 0 Å². The van der Waals surface area contributed by atoms with Gasteiger partial charge in [0, 0.05) is 6.04 Å². The zero-order chi connectivity index (χ0) is 15.3. The molecule has 5 heteroatoms. The van der Waals surface area contributed by atoms with Crippen LogP contribution >= 0.6 is 0 Å². The van der Waals surface area contributed by atoms with Gasteiger partial charge in [0.1, 0.15) is 5.75 Å². The van der Waals surface area contributed by atoms with Gasteiger partial charge in [-0.2, -0.15) is 0 Å². The van der Waals surface area contributed by atoms with E-state index in [9.17, 15) is 13.2 Å². The van der Waals surface area contributed by atoms with Crippen LogP contribution in [0.2, 0.25) is 0 Å². The Labute approximate surface area is 121 Å². The highest BCUT2D eigenvalue weighted by Gasteiger charge is 2.31. The number of nitrogens with two attached hydrogens (primary N) is 1. The molecule has 2 N–H and O–H groups in total. The Balaban J connectivity index is 1.96. The molecule has 0 saturated heterocycles. The standard InChI is InChI=1S/C16H16F3NO/c17-16(18,19)21-14-8-4-5-12(11-14)9-10-15(20)13-6-2-1-3-7-13/h1-8,11,15H,9-10,20H2. The van der Waals surface area contributed by atoms with E-state index >= 15 is 0 Å². The molecular formula is C16H16F3NO. The second kappa shape index (κ2) is 6.63. The number of halogens is 3. The van der Waals surface area contributed by atoms with Gasteiger partial charge in [-0.3, -0.25) is 0 Å². The second-order valence-corrected chi connectivity index (χ2v) is 4.75. The molecule has 2 rings (SSSR count). The average molecular weight is 295 g/mol. The first kappa shape index (κ1) is 15.4. The molecule has 0 aromatic heterocycles. The van der Waals surface area contributed by atoms with E-state index < -0.39 is 6.36 Å². The topological polar surface area (TPSA) is 35.2 Å². The van der Waals surface area contributed by atoms with Crippen LogP contribution in [-0.2, 0) is 6.42 Å². The van der Waals surface area contributed by atoms with Crippen molar-refractivity contribution in [1.82, 2.24) is 0 Å². The predicted octanol–water partition coefficient (Wildman–Crippen LogP) is 4.22. The normalized spacial score (nSPS) is 13.0. The molecule has 0 heterocycles. The van der Waals surface area contributed by atoms with E-state index in [1.54, 1.807) is 12.1 Å². The zero-order valence-electron chi connectivity index (χ0n) is 11.3. The Morgan fingerprint density at radius 3 is 2.38 bits per heavy atom. The van der Waals surface area contributed by atoms with E-state index in [1.807, 2.05) is 30.3 Å². The molecule has 0 spiro atoms. The number of hydrogen-bond acceptors (Lipinski definition) is 2. The zero-order valence-corrected chi connectivity index (χ0v) is 11.3. The summed E-state index contributed by atoms with van der Waals surface area (Å²) in [5.74, 6) is -0.201. The average Bonchev–Trinajstić information content (AvgIpc) is 2.44. The van der Waals surface area contributed by atoms with Crippen molar-refractivity contribution in [1.29, 1.82) is 0 Å². The van der Waals surface area contributed by atoms with Crippen LogP contribution in [-0.4, -0.2) is 6.36 Å². The molecule has 0 saturated carbocycles. The van der Waals surface area contributed by atoms with Crippen molar-refractivity contribution in [3.05, 3.63) is 65.7 Å². The third kappa shape index (κ3) is 5.11. The fraction of sp³-hybridized carbons (Fsp3) is 0.250. The summed E-state index contributed by atoms with van der Waals surface area (Å²) in [6, 6.07) is 15.5. The summed E-state index contributed by atoms with van der Waals surface area (Å²) in [5, 5.41) is 0. The van der Waals surface area contributed by atoms with Crippen molar-refractivity contribution in [2.45, 2.75) is 25.2 Å². The van der Waals surface area contributed by atoms with Crippen LogP contribution in [0.4, 0.5) is 13.2 Å². The Morgan fingerprint density at radius 1 is 1.00 bits per heavy atom. The lowest BCUT2D eigenvalue weighted by atomic mass is 10.00. The molecule has 0 aliphatic carbocycles. The van der Waals surface area contributed by atoms with Gasteiger partial charge in [-0.25, -0.2) is 0 Å². The first-order valence-corrected chi connectivity index (χ1v) is 6.59. The quantitative estimate of drug-likeness (QED) is 0.896. The van der Waals surface area contributed by atoms with Gasteiger partial charge in [0.15, 0.2) is 0 Å². The minimum Gasteiger partial charge on any atom is -0.406 e. The summed E-state index contributed by atoms with van der Waals surface area (Å²) in [6.45, 7) is 0. The van der Waals surface area contributed by atoms with E-state index in [2.05, 4.69) is 4.74 Å². The van der Waals surface area contributed by atoms with E-state index in [1.165, 1.54) is 12.1 Å². The molecule has 2 aromatic carbocycles. The van der Waals surface area contributed by atoms with E-state index in [-0.39, 0.29) is 11.8 Å². The van der Waals surface area contributed by atoms with Crippen molar-refractivity contribution >= 4 is 0 Å². The lowest BCUT2D eigenvalue weighted by molar-refractivity contribution is -0.274. The summed E-state index contributed by atoms with van der Waals surface area (Å²) >= 11 is 0. The monoisotopic (exact) mass is 295 g/mol. The second-order valence-electron chi connectivity index (χ2n) is 4.75. The Morgan fingerprint density at radius 2 is 1.71 bits per heavy atom. The third-order valence-electron chi connectivity index (χ3n) is 3.10. The van der Waals surface area contributed by atoms with Crippen LogP contribution in [0.5, 0.6) is 5.75 Å². The summed E-state index contributed by atoms with van der Waals surface area (Å²) in [7, 11) is 0. The van der Waals surface area contributed by atoms with Gasteiger partial charge in [0.05, 0.1) is 0 Å². The molecule has 0 amide bonds. The maximum Gasteiger partial charge on any atom is 0.573 e. The fourth-order valence-electron chi connectivity index (χ4n) is 2.09. The van der Waals surface area contributed by atoms with Gasteiger partial charge in [-0.15, -0.1) is 13.2 Å². The first-order valence-electron chi connectivity index (χ1n) is 6.59. The fourth-order valence-corrected chi connectivity index (χ4v) is 2.09. The Bertz CT molecular complexity index is 569.